The van der Waals surface area contributed by atoms with Crippen LogP contribution in [0.25, 0.3) is 0 Å². The summed E-state index contributed by atoms with van der Waals surface area (Å²) in [5.74, 6) is -0.211. The molecule has 3 rings (SSSR count). The normalized spacial score (nSPS) is 16.3. The van der Waals surface area contributed by atoms with Crippen molar-refractivity contribution in [2.45, 2.75) is 25.5 Å². The third kappa shape index (κ3) is 3.18. The van der Waals surface area contributed by atoms with Crippen LogP contribution in [0.1, 0.15) is 33.9 Å². The average molecular weight is 317 g/mol. The number of ether oxygens (including phenoxy) is 1. The van der Waals surface area contributed by atoms with Gasteiger partial charge in [-0.3, -0.25) is 4.79 Å². The topological polar surface area (TPSA) is 29.5 Å². The van der Waals surface area contributed by atoms with Crippen molar-refractivity contribution in [1.29, 1.82) is 0 Å². The number of alkyl halides is 2. The number of benzene rings is 2. The van der Waals surface area contributed by atoms with Gasteiger partial charge in [0.2, 0.25) is 0 Å². The van der Waals surface area contributed by atoms with Gasteiger partial charge in [-0.25, -0.2) is 0 Å². The van der Waals surface area contributed by atoms with E-state index >= 15 is 0 Å². The van der Waals surface area contributed by atoms with Crippen LogP contribution < -0.4 is 4.74 Å². The largest absolute Gasteiger partial charge is 0.435 e. The van der Waals surface area contributed by atoms with Crippen LogP contribution in [-0.2, 0) is 6.42 Å². The van der Waals surface area contributed by atoms with Gasteiger partial charge < -0.3 is 9.64 Å². The maximum Gasteiger partial charge on any atom is 0.387 e. The lowest BCUT2D eigenvalue weighted by Gasteiger charge is -2.25. The molecule has 2 aromatic carbocycles. The molecule has 1 aliphatic carbocycles. The average Bonchev–Trinajstić information content (AvgIpc) is 2.97. The summed E-state index contributed by atoms with van der Waals surface area (Å²) in [6, 6.07) is 14.0. The molecule has 0 saturated carbocycles. The van der Waals surface area contributed by atoms with E-state index in [0.717, 1.165) is 18.4 Å². The van der Waals surface area contributed by atoms with Crippen molar-refractivity contribution in [3.8, 4) is 5.75 Å². The number of fused-ring (bicyclic) bond motifs is 1. The molecular weight excluding hydrogens is 300 g/mol. The van der Waals surface area contributed by atoms with Crippen molar-refractivity contribution in [1.82, 2.24) is 4.90 Å². The van der Waals surface area contributed by atoms with E-state index in [2.05, 4.69) is 10.8 Å². The van der Waals surface area contributed by atoms with Crippen LogP contribution in [0.3, 0.4) is 0 Å². The Labute approximate surface area is 133 Å². The molecule has 0 radical (unpaired) electrons. The number of carbonyl (C=O) groups excluding carboxylic acids is 1. The molecule has 2 aromatic rings. The standard InChI is InChI=1S/C18H17F2NO2/c1-21(16-10-9-12-5-2-3-8-15(12)16)17(22)13-6-4-7-14(11-13)23-18(19)20/h2-8,11,16,18H,9-10H2,1H3. The molecule has 3 nitrogen and oxygen atoms in total. The second-order valence-corrected chi connectivity index (χ2v) is 5.58. The SMILES string of the molecule is CN(C(=O)c1cccc(OC(F)F)c1)C1CCc2ccccc21. The van der Waals surface area contributed by atoms with Gasteiger partial charge >= 0.3 is 6.61 Å². The maximum absolute atomic E-state index is 12.7. The molecule has 1 amide bonds. The highest BCUT2D eigenvalue weighted by Gasteiger charge is 2.28. The second kappa shape index (κ2) is 6.36. The van der Waals surface area contributed by atoms with Crippen LogP contribution in [-0.4, -0.2) is 24.5 Å². The zero-order valence-electron chi connectivity index (χ0n) is 12.7. The summed E-state index contributed by atoms with van der Waals surface area (Å²) in [6.07, 6.45) is 1.81. The van der Waals surface area contributed by atoms with Crippen LogP contribution >= 0.6 is 0 Å². The van der Waals surface area contributed by atoms with Crippen LogP contribution in [0.15, 0.2) is 48.5 Å². The highest BCUT2D eigenvalue weighted by Crippen LogP contribution is 2.35. The predicted molar refractivity (Wildman–Crippen MR) is 82.7 cm³/mol. The van der Waals surface area contributed by atoms with E-state index in [0.29, 0.717) is 5.56 Å². The van der Waals surface area contributed by atoms with Gasteiger partial charge in [-0.05, 0) is 42.2 Å². The number of nitrogens with zero attached hydrogens (tertiary/aromatic N) is 1. The summed E-state index contributed by atoms with van der Waals surface area (Å²) < 4.78 is 29.0. The lowest BCUT2D eigenvalue weighted by molar-refractivity contribution is -0.0499. The van der Waals surface area contributed by atoms with Gasteiger partial charge in [0.25, 0.3) is 5.91 Å². The van der Waals surface area contributed by atoms with E-state index in [1.807, 2.05) is 18.2 Å². The van der Waals surface area contributed by atoms with Crippen LogP contribution in [0.2, 0.25) is 0 Å². The summed E-state index contributed by atoms with van der Waals surface area (Å²) in [5.41, 5.74) is 2.75. The first-order valence-electron chi connectivity index (χ1n) is 7.46. The Morgan fingerprint density at radius 2 is 2.00 bits per heavy atom. The van der Waals surface area contributed by atoms with E-state index in [-0.39, 0.29) is 17.7 Å². The summed E-state index contributed by atoms with van der Waals surface area (Å²) in [5, 5.41) is 0. The third-order valence-electron chi connectivity index (χ3n) is 4.20. The fraction of sp³-hybridized carbons (Fsp3) is 0.278. The minimum atomic E-state index is -2.90. The highest BCUT2D eigenvalue weighted by atomic mass is 19.3. The summed E-state index contributed by atoms with van der Waals surface area (Å²) >= 11 is 0. The van der Waals surface area contributed by atoms with Crippen molar-refractivity contribution < 1.29 is 18.3 Å². The van der Waals surface area contributed by atoms with Gasteiger partial charge in [0.05, 0.1) is 6.04 Å². The molecule has 0 saturated heterocycles. The Morgan fingerprint density at radius 3 is 2.78 bits per heavy atom. The smallest absolute Gasteiger partial charge is 0.387 e. The minimum Gasteiger partial charge on any atom is -0.435 e. The van der Waals surface area contributed by atoms with Crippen molar-refractivity contribution in [2.24, 2.45) is 0 Å². The summed E-state index contributed by atoms with van der Waals surface area (Å²) in [4.78, 5) is 14.3. The lowest BCUT2D eigenvalue weighted by atomic mass is 10.1. The molecule has 0 heterocycles. The molecule has 1 atom stereocenters. The Morgan fingerprint density at radius 1 is 1.22 bits per heavy atom. The van der Waals surface area contributed by atoms with Crippen molar-refractivity contribution in [3.63, 3.8) is 0 Å². The number of hydrogen-bond donors (Lipinski definition) is 0. The van der Waals surface area contributed by atoms with E-state index in [4.69, 9.17) is 0 Å². The summed E-state index contributed by atoms with van der Waals surface area (Å²) in [7, 11) is 1.75. The van der Waals surface area contributed by atoms with Crippen LogP contribution in [0.4, 0.5) is 8.78 Å². The molecule has 1 aliphatic rings. The molecule has 0 bridgehead atoms. The molecule has 120 valence electrons. The monoisotopic (exact) mass is 317 g/mol. The van der Waals surface area contributed by atoms with Gasteiger partial charge in [-0.2, -0.15) is 8.78 Å². The molecule has 1 unspecified atom stereocenters. The van der Waals surface area contributed by atoms with E-state index in [1.54, 1.807) is 24.1 Å². The van der Waals surface area contributed by atoms with Gasteiger partial charge in [0, 0.05) is 12.6 Å². The Balaban J connectivity index is 1.81. The quantitative estimate of drug-likeness (QED) is 0.851. The molecule has 0 spiro atoms. The molecule has 23 heavy (non-hydrogen) atoms. The zero-order valence-corrected chi connectivity index (χ0v) is 12.7. The van der Waals surface area contributed by atoms with Crippen molar-refractivity contribution >= 4 is 5.91 Å². The first-order chi connectivity index (χ1) is 11.1. The first kappa shape index (κ1) is 15.5. The molecule has 0 fully saturated rings. The van der Waals surface area contributed by atoms with Gasteiger partial charge in [-0.1, -0.05) is 30.3 Å². The van der Waals surface area contributed by atoms with Crippen molar-refractivity contribution in [3.05, 3.63) is 65.2 Å². The third-order valence-corrected chi connectivity index (χ3v) is 4.20. The van der Waals surface area contributed by atoms with E-state index in [9.17, 15) is 13.6 Å². The first-order valence-corrected chi connectivity index (χ1v) is 7.46. The van der Waals surface area contributed by atoms with Crippen molar-refractivity contribution in [2.75, 3.05) is 7.05 Å². The molecule has 0 N–H and O–H groups in total. The number of carbonyl (C=O) groups is 1. The van der Waals surface area contributed by atoms with Gasteiger partial charge in [-0.15, -0.1) is 0 Å². The lowest BCUT2D eigenvalue weighted by Crippen LogP contribution is -2.30. The zero-order chi connectivity index (χ0) is 16.4. The number of aryl methyl sites for hydroxylation is 1. The number of amides is 1. The van der Waals surface area contributed by atoms with E-state index < -0.39 is 6.61 Å². The fourth-order valence-corrected chi connectivity index (χ4v) is 3.09. The molecule has 5 heteroatoms. The number of hydrogen-bond acceptors (Lipinski definition) is 2. The Hall–Kier alpha value is -2.43. The summed E-state index contributed by atoms with van der Waals surface area (Å²) in [6.45, 7) is -2.90. The van der Waals surface area contributed by atoms with Gasteiger partial charge in [0.15, 0.2) is 0 Å². The van der Waals surface area contributed by atoms with Crippen LogP contribution in [0.5, 0.6) is 5.75 Å². The van der Waals surface area contributed by atoms with Crippen LogP contribution in [0, 0.1) is 0 Å². The fourth-order valence-electron chi connectivity index (χ4n) is 3.09. The second-order valence-electron chi connectivity index (χ2n) is 5.58. The minimum absolute atomic E-state index is 0.00827. The highest BCUT2D eigenvalue weighted by molar-refractivity contribution is 5.94. The number of rotatable bonds is 4. The van der Waals surface area contributed by atoms with Gasteiger partial charge in [0.1, 0.15) is 5.75 Å². The number of halogens is 2. The Bertz CT molecular complexity index is 718. The molecule has 0 aromatic heterocycles. The Kier molecular flexibility index (Phi) is 4.28. The molecular formula is C18H17F2NO2. The predicted octanol–water partition coefficient (Wildman–Crippen LogP) is 4.05. The molecule has 0 aliphatic heterocycles. The van der Waals surface area contributed by atoms with E-state index in [1.165, 1.54) is 17.7 Å². The maximum atomic E-state index is 12.7.